The molecule has 3 rings (SSSR count). The van der Waals surface area contributed by atoms with Gasteiger partial charge in [-0.25, -0.2) is 19.3 Å². The van der Waals surface area contributed by atoms with Crippen molar-refractivity contribution in [2.24, 2.45) is 5.92 Å². The maximum Gasteiger partial charge on any atom is 0.169 e. The molecule has 6 nitrogen and oxygen atoms in total. The fourth-order valence-electron chi connectivity index (χ4n) is 3.78. The smallest absolute Gasteiger partial charge is 0.169 e. The SMILES string of the molecule is CCN(CC)CCCC(=O)C1CCN(c2ncc(F)c3nccnc23)CC1. The van der Waals surface area contributed by atoms with Crippen LogP contribution in [0.4, 0.5) is 10.2 Å². The molecule has 7 heteroatoms. The Morgan fingerprint density at radius 3 is 2.48 bits per heavy atom. The predicted molar refractivity (Wildman–Crippen MR) is 104 cm³/mol. The van der Waals surface area contributed by atoms with Crippen molar-refractivity contribution >= 4 is 22.6 Å². The van der Waals surface area contributed by atoms with Crippen LogP contribution in [0.25, 0.3) is 11.0 Å². The topological polar surface area (TPSA) is 62.2 Å². The first-order chi connectivity index (χ1) is 13.1. The van der Waals surface area contributed by atoms with Crippen LogP contribution in [-0.4, -0.2) is 58.4 Å². The summed E-state index contributed by atoms with van der Waals surface area (Å²) >= 11 is 0. The molecule has 1 fully saturated rings. The fourth-order valence-corrected chi connectivity index (χ4v) is 3.78. The highest BCUT2D eigenvalue weighted by Crippen LogP contribution is 2.28. The number of fused-ring (bicyclic) bond motifs is 1. The van der Waals surface area contributed by atoms with Crippen LogP contribution in [0, 0.1) is 11.7 Å². The Bertz CT molecular complexity index is 772. The minimum atomic E-state index is -0.458. The average Bonchev–Trinajstić information content (AvgIpc) is 2.72. The molecule has 146 valence electrons. The second-order valence-electron chi connectivity index (χ2n) is 7.04. The number of carbonyl (C=O) groups excluding carboxylic acids is 1. The molecule has 0 aliphatic carbocycles. The van der Waals surface area contributed by atoms with Crippen LogP contribution >= 0.6 is 0 Å². The molecule has 0 radical (unpaired) electrons. The molecule has 0 spiro atoms. The lowest BCUT2D eigenvalue weighted by atomic mass is 9.90. The number of piperidine rings is 1. The molecule has 0 bridgehead atoms. The summed E-state index contributed by atoms with van der Waals surface area (Å²) in [6.45, 7) is 8.82. The van der Waals surface area contributed by atoms with E-state index in [1.807, 2.05) is 0 Å². The minimum absolute atomic E-state index is 0.121. The van der Waals surface area contributed by atoms with Gasteiger partial charge in [-0.05, 0) is 38.9 Å². The van der Waals surface area contributed by atoms with Gasteiger partial charge in [-0.1, -0.05) is 13.8 Å². The highest BCUT2D eigenvalue weighted by atomic mass is 19.1. The van der Waals surface area contributed by atoms with Gasteiger partial charge in [-0.15, -0.1) is 0 Å². The van der Waals surface area contributed by atoms with Crippen LogP contribution in [0.3, 0.4) is 0 Å². The summed E-state index contributed by atoms with van der Waals surface area (Å²) in [4.78, 5) is 29.6. The molecule has 2 aromatic heterocycles. The second-order valence-corrected chi connectivity index (χ2v) is 7.04. The Kier molecular flexibility index (Phi) is 6.66. The normalized spacial score (nSPS) is 15.6. The van der Waals surface area contributed by atoms with Crippen LogP contribution in [-0.2, 0) is 4.79 Å². The van der Waals surface area contributed by atoms with Crippen LogP contribution in [0.1, 0.15) is 39.5 Å². The first kappa shape index (κ1) is 19.6. The van der Waals surface area contributed by atoms with Crippen molar-refractivity contribution in [2.75, 3.05) is 37.6 Å². The van der Waals surface area contributed by atoms with E-state index in [1.165, 1.54) is 12.4 Å². The zero-order valence-corrected chi connectivity index (χ0v) is 16.2. The maximum absolute atomic E-state index is 13.9. The summed E-state index contributed by atoms with van der Waals surface area (Å²) in [7, 11) is 0. The molecule has 2 aromatic rings. The second kappa shape index (κ2) is 9.17. The standard InChI is InChI=1S/C20H28FN5O/c1-3-25(4-2)11-5-6-17(27)15-7-12-26(13-8-15)20-19-18(16(21)14-24-20)22-9-10-23-19/h9-10,14-15H,3-8,11-13H2,1-2H3. The first-order valence-electron chi connectivity index (χ1n) is 9.89. The molecule has 0 unspecified atom stereocenters. The molecule has 1 aliphatic rings. The van der Waals surface area contributed by atoms with E-state index in [-0.39, 0.29) is 11.4 Å². The summed E-state index contributed by atoms with van der Waals surface area (Å²) < 4.78 is 13.9. The van der Waals surface area contributed by atoms with Crippen molar-refractivity contribution in [3.8, 4) is 0 Å². The van der Waals surface area contributed by atoms with E-state index in [2.05, 4.69) is 38.6 Å². The van der Waals surface area contributed by atoms with Crippen molar-refractivity contribution in [2.45, 2.75) is 39.5 Å². The third-order valence-corrected chi connectivity index (χ3v) is 5.48. The van der Waals surface area contributed by atoms with E-state index in [9.17, 15) is 9.18 Å². The van der Waals surface area contributed by atoms with Crippen molar-refractivity contribution in [3.63, 3.8) is 0 Å². The minimum Gasteiger partial charge on any atom is -0.355 e. The number of carbonyl (C=O) groups is 1. The monoisotopic (exact) mass is 373 g/mol. The molecular formula is C20H28FN5O. The van der Waals surface area contributed by atoms with Gasteiger partial charge in [0.2, 0.25) is 0 Å². The summed E-state index contributed by atoms with van der Waals surface area (Å²) in [6, 6.07) is 0. The number of halogens is 1. The lowest BCUT2D eigenvalue weighted by Gasteiger charge is -2.32. The molecular weight excluding hydrogens is 345 g/mol. The van der Waals surface area contributed by atoms with E-state index in [1.54, 1.807) is 6.20 Å². The fraction of sp³-hybridized carbons (Fsp3) is 0.600. The van der Waals surface area contributed by atoms with Gasteiger partial charge in [0.05, 0.1) is 6.20 Å². The van der Waals surface area contributed by atoms with Crippen molar-refractivity contribution in [1.29, 1.82) is 0 Å². The third-order valence-electron chi connectivity index (χ3n) is 5.48. The van der Waals surface area contributed by atoms with Gasteiger partial charge < -0.3 is 9.80 Å². The number of anilines is 1. The number of hydrogen-bond donors (Lipinski definition) is 0. The highest BCUT2D eigenvalue weighted by molar-refractivity contribution is 5.86. The number of hydrogen-bond acceptors (Lipinski definition) is 6. The Morgan fingerprint density at radius 1 is 1.15 bits per heavy atom. The van der Waals surface area contributed by atoms with Gasteiger partial charge >= 0.3 is 0 Å². The lowest BCUT2D eigenvalue weighted by molar-refractivity contribution is -0.123. The van der Waals surface area contributed by atoms with E-state index >= 15 is 0 Å². The average molecular weight is 373 g/mol. The molecule has 0 atom stereocenters. The number of pyridine rings is 1. The molecule has 0 saturated carbocycles. The van der Waals surface area contributed by atoms with Gasteiger partial charge in [0.15, 0.2) is 11.6 Å². The van der Waals surface area contributed by atoms with Crippen LogP contribution in [0.2, 0.25) is 0 Å². The zero-order chi connectivity index (χ0) is 19.2. The number of rotatable bonds is 8. The molecule has 0 N–H and O–H groups in total. The predicted octanol–water partition coefficient (Wildman–Crippen LogP) is 3.07. The van der Waals surface area contributed by atoms with Crippen LogP contribution < -0.4 is 4.90 Å². The first-order valence-corrected chi connectivity index (χ1v) is 9.89. The molecule has 0 amide bonds. The van der Waals surface area contributed by atoms with E-state index in [0.717, 1.165) is 52.0 Å². The van der Waals surface area contributed by atoms with Crippen molar-refractivity contribution in [3.05, 3.63) is 24.4 Å². The Balaban J connectivity index is 1.56. The van der Waals surface area contributed by atoms with Crippen molar-refractivity contribution in [1.82, 2.24) is 19.9 Å². The summed E-state index contributed by atoms with van der Waals surface area (Å²) in [6.07, 6.45) is 7.45. The third kappa shape index (κ3) is 4.58. The molecule has 1 saturated heterocycles. The highest BCUT2D eigenvalue weighted by Gasteiger charge is 2.26. The van der Waals surface area contributed by atoms with Gasteiger partial charge in [-0.2, -0.15) is 0 Å². The maximum atomic E-state index is 13.9. The van der Waals surface area contributed by atoms with E-state index < -0.39 is 5.82 Å². The number of aromatic nitrogens is 3. The van der Waals surface area contributed by atoms with Gasteiger partial charge in [0, 0.05) is 37.8 Å². The van der Waals surface area contributed by atoms with E-state index in [4.69, 9.17) is 0 Å². The van der Waals surface area contributed by atoms with Crippen molar-refractivity contribution < 1.29 is 9.18 Å². The quantitative estimate of drug-likeness (QED) is 0.709. The summed E-state index contributed by atoms with van der Waals surface area (Å²) in [5.74, 6) is 0.696. The van der Waals surface area contributed by atoms with Crippen LogP contribution in [0.15, 0.2) is 18.6 Å². The van der Waals surface area contributed by atoms with E-state index in [0.29, 0.717) is 23.5 Å². The molecule has 0 aromatic carbocycles. The summed E-state index contributed by atoms with van der Waals surface area (Å²) in [5.41, 5.74) is 0.735. The Hall–Kier alpha value is -2.15. The number of nitrogens with zero attached hydrogens (tertiary/aromatic N) is 5. The Morgan fingerprint density at radius 2 is 1.81 bits per heavy atom. The largest absolute Gasteiger partial charge is 0.355 e. The summed E-state index contributed by atoms with van der Waals surface area (Å²) in [5, 5.41) is 0. The van der Waals surface area contributed by atoms with Gasteiger partial charge in [0.25, 0.3) is 0 Å². The number of Topliss-reactive ketones (excluding diaryl/α,β-unsaturated/α-hetero) is 1. The van der Waals surface area contributed by atoms with Crippen LogP contribution in [0.5, 0.6) is 0 Å². The van der Waals surface area contributed by atoms with Gasteiger partial charge in [0.1, 0.15) is 16.8 Å². The Labute approximate surface area is 159 Å². The molecule has 1 aliphatic heterocycles. The lowest BCUT2D eigenvalue weighted by Crippen LogP contribution is -2.37. The molecule has 3 heterocycles. The molecule has 27 heavy (non-hydrogen) atoms. The zero-order valence-electron chi connectivity index (χ0n) is 16.2. The number of ketones is 1. The van der Waals surface area contributed by atoms with Gasteiger partial charge in [-0.3, -0.25) is 4.79 Å².